The van der Waals surface area contributed by atoms with Gasteiger partial charge in [0.2, 0.25) is 10.0 Å². The van der Waals surface area contributed by atoms with E-state index in [0.717, 1.165) is 5.56 Å². The second-order valence-electron chi connectivity index (χ2n) is 4.59. The molecule has 1 amide bonds. The maximum Gasteiger partial charge on any atom is 0.255 e. The van der Waals surface area contributed by atoms with Gasteiger partial charge in [0, 0.05) is 16.9 Å². The smallest absolute Gasteiger partial charge is 0.255 e. The first-order valence-corrected chi connectivity index (χ1v) is 7.62. The Hall–Kier alpha value is -2.38. The quantitative estimate of drug-likeness (QED) is 0.745. The van der Waals surface area contributed by atoms with Crippen LogP contribution < -0.4 is 16.2 Å². The average molecular weight is 305 g/mol. The summed E-state index contributed by atoms with van der Waals surface area (Å²) in [5.41, 5.74) is 8.07. The number of amides is 1. The zero-order valence-electron chi connectivity index (χ0n) is 11.3. The highest BCUT2D eigenvalue weighted by molar-refractivity contribution is 7.89. The molecule has 0 aliphatic rings. The molecule has 0 aromatic heterocycles. The Labute approximate surface area is 122 Å². The first kappa shape index (κ1) is 15.0. The van der Waals surface area contributed by atoms with Gasteiger partial charge in [-0.3, -0.25) is 4.79 Å². The van der Waals surface area contributed by atoms with Crippen molar-refractivity contribution in [2.45, 2.75) is 11.8 Å². The molecule has 0 fully saturated rings. The Morgan fingerprint density at radius 3 is 2.24 bits per heavy atom. The van der Waals surface area contributed by atoms with Gasteiger partial charge < -0.3 is 11.1 Å². The topological polar surface area (TPSA) is 115 Å². The van der Waals surface area contributed by atoms with Crippen molar-refractivity contribution in [2.75, 3.05) is 11.1 Å². The standard InChI is InChI=1S/C14H15N3O3S/c1-9-8-10(2-7-13(9)15)14(18)17-11-3-5-12(6-4-11)21(16,19)20/h2-8H,15H2,1H3,(H,17,18)(H2,16,19,20). The largest absolute Gasteiger partial charge is 0.399 e. The van der Waals surface area contributed by atoms with E-state index in [9.17, 15) is 13.2 Å². The number of nitrogen functional groups attached to an aromatic ring is 1. The first-order valence-electron chi connectivity index (χ1n) is 6.08. The van der Waals surface area contributed by atoms with Gasteiger partial charge in [0.15, 0.2) is 0 Å². The molecule has 2 aromatic carbocycles. The molecule has 21 heavy (non-hydrogen) atoms. The van der Waals surface area contributed by atoms with Crippen LogP contribution in [-0.2, 0) is 10.0 Å². The van der Waals surface area contributed by atoms with Crippen LogP contribution in [0.3, 0.4) is 0 Å². The monoisotopic (exact) mass is 305 g/mol. The number of aryl methyl sites for hydroxylation is 1. The fourth-order valence-corrected chi connectivity index (χ4v) is 2.26. The SMILES string of the molecule is Cc1cc(C(=O)Nc2ccc(S(N)(=O)=O)cc2)ccc1N. The van der Waals surface area contributed by atoms with Gasteiger partial charge in [0.25, 0.3) is 5.91 Å². The molecule has 110 valence electrons. The molecule has 5 N–H and O–H groups in total. The number of carbonyl (C=O) groups excluding carboxylic acids is 1. The number of carbonyl (C=O) groups is 1. The number of hydrogen-bond donors (Lipinski definition) is 3. The lowest BCUT2D eigenvalue weighted by Crippen LogP contribution is -2.14. The fraction of sp³-hybridized carbons (Fsp3) is 0.0714. The zero-order valence-corrected chi connectivity index (χ0v) is 12.1. The van der Waals surface area contributed by atoms with Gasteiger partial charge in [-0.15, -0.1) is 0 Å². The molecule has 0 saturated heterocycles. The summed E-state index contributed by atoms with van der Waals surface area (Å²) in [4.78, 5) is 12.1. The van der Waals surface area contributed by atoms with Crippen molar-refractivity contribution in [1.29, 1.82) is 0 Å². The minimum Gasteiger partial charge on any atom is -0.399 e. The highest BCUT2D eigenvalue weighted by Crippen LogP contribution is 2.16. The lowest BCUT2D eigenvalue weighted by Gasteiger charge is -2.07. The molecule has 0 aliphatic carbocycles. The molecule has 2 aromatic rings. The molecule has 0 saturated carbocycles. The molecule has 0 atom stereocenters. The molecular formula is C14H15N3O3S. The molecule has 0 radical (unpaired) electrons. The van der Waals surface area contributed by atoms with E-state index in [1.54, 1.807) is 18.2 Å². The maximum absolute atomic E-state index is 12.1. The van der Waals surface area contributed by atoms with Gasteiger partial charge in [0.05, 0.1) is 4.90 Å². The number of anilines is 2. The van der Waals surface area contributed by atoms with Crippen molar-refractivity contribution in [3.63, 3.8) is 0 Å². The third-order valence-electron chi connectivity index (χ3n) is 2.97. The molecule has 2 rings (SSSR count). The van der Waals surface area contributed by atoms with Crippen LogP contribution in [-0.4, -0.2) is 14.3 Å². The summed E-state index contributed by atoms with van der Waals surface area (Å²) in [7, 11) is -3.74. The number of sulfonamides is 1. The Balaban J connectivity index is 2.18. The Morgan fingerprint density at radius 1 is 1.10 bits per heavy atom. The minimum absolute atomic E-state index is 0.0103. The van der Waals surface area contributed by atoms with E-state index < -0.39 is 10.0 Å². The fourth-order valence-electron chi connectivity index (χ4n) is 1.75. The summed E-state index contributed by atoms with van der Waals surface area (Å²) in [6.45, 7) is 1.81. The molecule has 7 heteroatoms. The van der Waals surface area contributed by atoms with Crippen LogP contribution in [0.2, 0.25) is 0 Å². The van der Waals surface area contributed by atoms with Crippen LogP contribution in [0, 0.1) is 6.92 Å². The van der Waals surface area contributed by atoms with Crippen molar-refractivity contribution >= 4 is 27.3 Å². The molecular weight excluding hydrogens is 290 g/mol. The van der Waals surface area contributed by atoms with E-state index >= 15 is 0 Å². The zero-order chi connectivity index (χ0) is 15.6. The van der Waals surface area contributed by atoms with Gasteiger partial charge in [-0.1, -0.05) is 0 Å². The van der Waals surface area contributed by atoms with E-state index in [4.69, 9.17) is 10.9 Å². The number of rotatable bonds is 3. The van der Waals surface area contributed by atoms with Gasteiger partial charge in [-0.2, -0.15) is 0 Å². The highest BCUT2D eigenvalue weighted by atomic mass is 32.2. The minimum atomic E-state index is -3.74. The van der Waals surface area contributed by atoms with Gasteiger partial charge in [-0.05, 0) is 55.0 Å². The molecule has 0 bridgehead atoms. The average Bonchev–Trinajstić information content (AvgIpc) is 2.41. The molecule has 0 spiro atoms. The first-order chi connectivity index (χ1) is 9.77. The second-order valence-corrected chi connectivity index (χ2v) is 6.16. The third kappa shape index (κ3) is 3.59. The van der Waals surface area contributed by atoms with Crippen molar-refractivity contribution in [3.05, 3.63) is 53.6 Å². The summed E-state index contributed by atoms with van der Waals surface area (Å²) in [5.74, 6) is -0.304. The lowest BCUT2D eigenvalue weighted by atomic mass is 10.1. The Kier molecular flexibility index (Phi) is 3.97. The van der Waals surface area contributed by atoms with Crippen molar-refractivity contribution in [2.24, 2.45) is 5.14 Å². The van der Waals surface area contributed by atoms with E-state index in [-0.39, 0.29) is 10.8 Å². The van der Waals surface area contributed by atoms with Crippen molar-refractivity contribution < 1.29 is 13.2 Å². The number of nitrogens with two attached hydrogens (primary N) is 2. The van der Waals surface area contributed by atoms with Crippen LogP contribution in [0.15, 0.2) is 47.4 Å². The third-order valence-corrected chi connectivity index (χ3v) is 3.90. The van der Waals surface area contributed by atoms with Crippen LogP contribution >= 0.6 is 0 Å². The Bertz CT molecular complexity index is 784. The van der Waals surface area contributed by atoms with Gasteiger partial charge >= 0.3 is 0 Å². The summed E-state index contributed by atoms with van der Waals surface area (Å²) in [6, 6.07) is 10.6. The number of benzene rings is 2. The Morgan fingerprint density at radius 2 is 1.71 bits per heavy atom. The van der Waals surface area contributed by atoms with Gasteiger partial charge in [-0.25, -0.2) is 13.6 Å². The summed E-state index contributed by atoms with van der Waals surface area (Å²) in [6.07, 6.45) is 0. The predicted molar refractivity (Wildman–Crippen MR) is 81.4 cm³/mol. The molecule has 0 aliphatic heterocycles. The van der Waals surface area contributed by atoms with E-state index in [1.165, 1.54) is 24.3 Å². The van der Waals surface area contributed by atoms with Crippen molar-refractivity contribution in [1.82, 2.24) is 0 Å². The van der Waals surface area contributed by atoms with Gasteiger partial charge in [0.1, 0.15) is 0 Å². The number of hydrogen-bond acceptors (Lipinski definition) is 4. The summed E-state index contributed by atoms with van der Waals surface area (Å²) < 4.78 is 22.3. The normalized spacial score (nSPS) is 11.1. The number of nitrogens with one attached hydrogen (secondary N) is 1. The summed E-state index contributed by atoms with van der Waals surface area (Å²) in [5, 5.41) is 7.67. The van der Waals surface area contributed by atoms with Crippen LogP contribution in [0.5, 0.6) is 0 Å². The predicted octanol–water partition coefficient (Wildman–Crippen LogP) is 1.48. The maximum atomic E-state index is 12.1. The van der Waals surface area contributed by atoms with Crippen LogP contribution in [0.1, 0.15) is 15.9 Å². The lowest BCUT2D eigenvalue weighted by molar-refractivity contribution is 0.102. The second kappa shape index (κ2) is 5.55. The number of primary sulfonamides is 1. The van der Waals surface area contributed by atoms with E-state index in [0.29, 0.717) is 16.9 Å². The van der Waals surface area contributed by atoms with Crippen LogP contribution in [0.4, 0.5) is 11.4 Å². The highest BCUT2D eigenvalue weighted by Gasteiger charge is 2.10. The molecule has 0 unspecified atom stereocenters. The van der Waals surface area contributed by atoms with Crippen molar-refractivity contribution in [3.8, 4) is 0 Å². The molecule has 6 nitrogen and oxygen atoms in total. The summed E-state index contributed by atoms with van der Waals surface area (Å²) >= 11 is 0. The van der Waals surface area contributed by atoms with E-state index in [1.807, 2.05) is 6.92 Å². The van der Waals surface area contributed by atoms with Crippen LogP contribution in [0.25, 0.3) is 0 Å². The molecule has 0 heterocycles. The van der Waals surface area contributed by atoms with E-state index in [2.05, 4.69) is 5.32 Å².